The van der Waals surface area contributed by atoms with Gasteiger partial charge in [-0.3, -0.25) is 0 Å². The first-order valence-corrected chi connectivity index (χ1v) is 10.3. The van der Waals surface area contributed by atoms with Crippen LogP contribution in [0.25, 0.3) is 0 Å². The van der Waals surface area contributed by atoms with Crippen LogP contribution in [0.3, 0.4) is 0 Å². The van der Waals surface area contributed by atoms with E-state index in [0.29, 0.717) is 6.42 Å². The van der Waals surface area contributed by atoms with Gasteiger partial charge in [0.1, 0.15) is 11.9 Å². The van der Waals surface area contributed by atoms with Crippen LogP contribution in [0.15, 0.2) is 48.5 Å². The molecule has 3 atom stereocenters. The zero-order valence-corrected chi connectivity index (χ0v) is 17.6. The molecule has 1 aliphatic rings. The van der Waals surface area contributed by atoms with E-state index in [9.17, 15) is 9.90 Å². The lowest BCUT2D eigenvalue weighted by Crippen LogP contribution is -2.60. The van der Waals surface area contributed by atoms with Crippen LogP contribution in [0.1, 0.15) is 56.4 Å². The highest BCUT2D eigenvalue weighted by Gasteiger charge is 2.48. The summed E-state index contributed by atoms with van der Waals surface area (Å²) in [5.41, 5.74) is 2.84. The Balaban J connectivity index is 1.88. The zero-order chi connectivity index (χ0) is 21.0. The first kappa shape index (κ1) is 21.2. The highest BCUT2D eigenvalue weighted by molar-refractivity contribution is 5.69. The summed E-state index contributed by atoms with van der Waals surface area (Å²) < 4.78 is 11.5. The Bertz CT molecular complexity index is 832. The zero-order valence-electron chi connectivity index (χ0n) is 17.6. The number of alkyl carbamates (subject to hydrolysis) is 1. The van der Waals surface area contributed by atoms with Crippen LogP contribution < -0.4 is 5.32 Å². The fourth-order valence-electron chi connectivity index (χ4n) is 4.70. The maximum absolute atomic E-state index is 12.8. The second kappa shape index (κ2) is 8.87. The van der Waals surface area contributed by atoms with E-state index < -0.39 is 6.09 Å². The Kier molecular flexibility index (Phi) is 6.48. The number of fused-ring (bicyclic) bond motifs is 1. The molecule has 3 rings (SSSR count). The van der Waals surface area contributed by atoms with Crippen molar-refractivity contribution in [1.29, 1.82) is 0 Å². The van der Waals surface area contributed by atoms with Gasteiger partial charge in [0.15, 0.2) is 0 Å². The summed E-state index contributed by atoms with van der Waals surface area (Å²) in [6.07, 6.45) is 1.30. The number of phenolic OH excluding ortho intramolecular Hbond substituents is 1. The minimum Gasteiger partial charge on any atom is -0.508 e. The monoisotopic (exact) mass is 397 g/mol. The van der Waals surface area contributed by atoms with Crippen LogP contribution in [0.4, 0.5) is 4.79 Å². The van der Waals surface area contributed by atoms with E-state index >= 15 is 0 Å². The van der Waals surface area contributed by atoms with Crippen molar-refractivity contribution in [2.24, 2.45) is 0 Å². The number of ether oxygens (including phenoxy) is 2. The van der Waals surface area contributed by atoms with Crippen molar-refractivity contribution in [1.82, 2.24) is 5.32 Å². The molecule has 29 heavy (non-hydrogen) atoms. The number of amides is 1. The summed E-state index contributed by atoms with van der Waals surface area (Å²) in [6, 6.07) is 14.9. The molecule has 2 aromatic carbocycles. The van der Waals surface area contributed by atoms with Crippen molar-refractivity contribution in [3.63, 3.8) is 0 Å². The SMILES string of the molecule is CCC1(CC)c2cc(O)ccc2C[C@@H](OC)[C@@H]1NC(=O)O[C@H](C)c1ccccc1. The van der Waals surface area contributed by atoms with Gasteiger partial charge in [-0.2, -0.15) is 0 Å². The average molecular weight is 398 g/mol. The van der Waals surface area contributed by atoms with Gasteiger partial charge >= 0.3 is 6.09 Å². The predicted octanol–water partition coefficient (Wildman–Crippen LogP) is 4.88. The van der Waals surface area contributed by atoms with Crippen LogP contribution in [-0.4, -0.2) is 30.5 Å². The standard InChI is InChI=1S/C24H31NO4/c1-5-24(6-2)20-15-19(26)13-12-18(20)14-21(28-4)22(24)25-23(27)29-16(3)17-10-8-7-9-11-17/h7-13,15-16,21-22,26H,5-6,14H2,1-4H3,(H,25,27)/t16-,21-,22+/m1/s1. The van der Waals surface area contributed by atoms with Crippen molar-refractivity contribution in [2.45, 2.75) is 63.7 Å². The molecule has 0 fully saturated rings. The first-order valence-electron chi connectivity index (χ1n) is 10.3. The number of hydrogen-bond acceptors (Lipinski definition) is 4. The molecule has 5 nitrogen and oxygen atoms in total. The molecule has 1 aliphatic carbocycles. The molecular weight excluding hydrogens is 366 g/mol. The van der Waals surface area contributed by atoms with Crippen molar-refractivity contribution in [3.05, 3.63) is 65.2 Å². The second-order valence-electron chi connectivity index (χ2n) is 7.76. The van der Waals surface area contributed by atoms with E-state index in [4.69, 9.17) is 9.47 Å². The fourth-order valence-corrected chi connectivity index (χ4v) is 4.70. The number of nitrogens with one attached hydrogen (secondary N) is 1. The minimum atomic E-state index is -0.455. The van der Waals surface area contributed by atoms with Gasteiger partial charge in [-0.25, -0.2) is 4.79 Å². The van der Waals surface area contributed by atoms with Crippen molar-refractivity contribution >= 4 is 6.09 Å². The fraction of sp³-hybridized carbons (Fsp3) is 0.458. The highest BCUT2D eigenvalue weighted by atomic mass is 16.6. The Morgan fingerprint density at radius 1 is 1.21 bits per heavy atom. The molecule has 0 saturated heterocycles. The molecular formula is C24H31NO4. The largest absolute Gasteiger partial charge is 0.508 e. The van der Waals surface area contributed by atoms with E-state index in [2.05, 4.69) is 19.2 Å². The highest BCUT2D eigenvalue weighted by Crippen LogP contribution is 2.44. The van der Waals surface area contributed by atoms with Gasteiger partial charge in [-0.1, -0.05) is 50.2 Å². The van der Waals surface area contributed by atoms with Crippen LogP contribution in [0.5, 0.6) is 5.75 Å². The number of aromatic hydroxyl groups is 1. The van der Waals surface area contributed by atoms with Gasteiger partial charge in [-0.15, -0.1) is 0 Å². The number of benzene rings is 2. The molecule has 2 N–H and O–H groups in total. The second-order valence-corrected chi connectivity index (χ2v) is 7.76. The van der Waals surface area contributed by atoms with Gasteiger partial charge in [-0.05, 0) is 48.6 Å². The molecule has 0 aromatic heterocycles. The maximum Gasteiger partial charge on any atom is 0.408 e. The third kappa shape index (κ3) is 4.10. The molecule has 0 radical (unpaired) electrons. The summed E-state index contributed by atoms with van der Waals surface area (Å²) in [5.74, 6) is 0.241. The molecule has 5 heteroatoms. The number of carbonyl (C=O) groups excluding carboxylic acids is 1. The van der Waals surface area contributed by atoms with Crippen LogP contribution in [0, 0.1) is 0 Å². The lowest BCUT2D eigenvalue weighted by atomic mass is 9.62. The van der Waals surface area contributed by atoms with Crippen molar-refractivity contribution in [3.8, 4) is 5.75 Å². The smallest absolute Gasteiger partial charge is 0.408 e. The summed E-state index contributed by atoms with van der Waals surface area (Å²) in [5, 5.41) is 13.2. The van der Waals surface area contributed by atoms with E-state index in [1.807, 2.05) is 49.4 Å². The third-order valence-corrected chi connectivity index (χ3v) is 6.41. The lowest BCUT2D eigenvalue weighted by molar-refractivity contribution is 0.0185. The number of methoxy groups -OCH3 is 1. The Morgan fingerprint density at radius 3 is 2.52 bits per heavy atom. The average Bonchev–Trinajstić information content (AvgIpc) is 2.74. The summed E-state index contributed by atoms with van der Waals surface area (Å²) in [6.45, 7) is 6.09. The summed E-state index contributed by atoms with van der Waals surface area (Å²) in [7, 11) is 1.68. The summed E-state index contributed by atoms with van der Waals surface area (Å²) >= 11 is 0. The number of carbonyl (C=O) groups is 1. The number of rotatable bonds is 6. The summed E-state index contributed by atoms with van der Waals surface area (Å²) in [4.78, 5) is 12.8. The topological polar surface area (TPSA) is 67.8 Å². The van der Waals surface area contributed by atoms with Crippen LogP contribution >= 0.6 is 0 Å². The van der Waals surface area contributed by atoms with Gasteiger partial charge in [0.25, 0.3) is 0 Å². The molecule has 0 unspecified atom stereocenters. The first-order chi connectivity index (χ1) is 13.9. The van der Waals surface area contributed by atoms with E-state index in [0.717, 1.165) is 29.5 Å². The van der Waals surface area contributed by atoms with Gasteiger partial charge in [0.2, 0.25) is 0 Å². The molecule has 0 spiro atoms. The number of hydrogen-bond donors (Lipinski definition) is 2. The maximum atomic E-state index is 12.8. The quantitative estimate of drug-likeness (QED) is 0.729. The molecule has 0 heterocycles. The van der Waals surface area contributed by atoms with Gasteiger partial charge in [0, 0.05) is 18.9 Å². The van der Waals surface area contributed by atoms with Gasteiger partial charge < -0.3 is 19.9 Å². The molecule has 0 aliphatic heterocycles. The normalized spacial score (nSPS) is 21.1. The third-order valence-electron chi connectivity index (χ3n) is 6.41. The molecule has 2 aromatic rings. The van der Waals surface area contributed by atoms with E-state index in [1.54, 1.807) is 13.2 Å². The number of phenols is 1. The Morgan fingerprint density at radius 2 is 1.90 bits per heavy atom. The van der Waals surface area contributed by atoms with Crippen molar-refractivity contribution < 1.29 is 19.4 Å². The Hall–Kier alpha value is -2.53. The van der Waals surface area contributed by atoms with Crippen LogP contribution in [-0.2, 0) is 21.3 Å². The van der Waals surface area contributed by atoms with E-state index in [1.165, 1.54) is 0 Å². The predicted molar refractivity (Wildman–Crippen MR) is 113 cm³/mol. The van der Waals surface area contributed by atoms with Crippen LogP contribution in [0.2, 0.25) is 0 Å². The van der Waals surface area contributed by atoms with Gasteiger partial charge in [0.05, 0.1) is 12.1 Å². The van der Waals surface area contributed by atoms with Crippen molar-refractivity contribution in [2.75, 3.05) is 7.11 Å². The van der Waals surface area contributed by atoms with E-state index in [-0.39, 0.29) is 29.4 Å². The lowest BCUT2D eigenvalue weighted by Gasteiger charge is -2.48. The molecule has 0 saturated carbocycles. The molecule has 1 amide bonds. The molecule has 156 valence electrons. The Labute approximate surface area is 173 Å². The molecule has 0 bridgehead atoms. The minimum absolute atomic E-state index is 0.175.